The Kier molecular flexibility index (Phi) is 5.12. The van der Waals surface area contributed by atoms with Crippen molar-refractivity contribution >= 4 is 5.91 Å². The number of carbonyl (C=O) groups excluding carboxylic acids is 1. The van der Waals surface area contributed by atoms with Crippen LogP contribution in [0.15, 0.2) is 42.5 Å². The van der Waals surface area contributed by atoms with Crippen molar-refractivity contribution in [2.75, 3.05) is 6.54 Å². The number of hydrogen-bond acceptors (Lipinski definition) is 2. The molecule has 2 aromatic carbocycles. The summed E-state index contributed by atoms with van der Waals surface area (Å²) in [7, 11) is 0. The lowest BCUT2D eigenvalue weighted by atomic mass is 10.0. The number of rotatable bonds is 5. The molecule has 2 aromatic rings. The standard InChI is InChI=1S/C18H22N2O/c1-13-4-3-5-14(2)17(13)10-11-20-18(21)16-8-6-15(12-19)7-9-16/h3-9H,10-12,19H2,1-2H3,(H,20,21). The lowest BCUT2D eigenvalue weighted by molar-refractivity contribution is 0.0954. The van der Waals surface area contributed by atoms with Crippen molar-refractivity contribution in [3.05, 3.63) is 70.3 Å². The van der Waals surface area contributed by atoms with E-state index in [1.165, 1.54) is 16.7 Å². The van der Waals surface area contributed by atoms with Crippen LogP contribution in [0.3, 0.4) is 0 Å². The Morgan fingerprint density at radius 3 is 2.24 bits per heavy atom. The molecule has 0 spiro atoms. The fourth-order valence-corrected chi connectivity index (χ4v) is 2.44. The van der Waals surface area contributed by atoms with E-state index < -0.39 is 0 Å². The Bertz CT molecular complexity index is 597. The van der Waals surface area contributed by atoms with Gasteiger partial charge in [0.2, 0.25) is 0 Å². The predicted octanol–water partition coefficient (Wildman–Crippen LogP) is 2.73. The molecule has 0 aliphatic carbocycles. The SMILES string of the molecule is Cc1cccc(C)c1CCNC(=O)c1ccc(CN)cc1. The zero-order valence-electron chi connectivity index (χ0n) is 12.6. The Labute approximate surface area is 126 Å². The highest BCUT2D eigenvalue weighted by atomic mass is 16.1. The summed E-state index contributed by atoms with van der Waals surface area (Å²) in [6, 6.07) is 13.7. The summed E-state index contributed by atoms with van der Waals surface area (Å²) in [5.74, 6) is -0.0372. The molecule has 0 fully saturated rings. The number of carbonyl (C=O) groups is 1. The highest BCUT2D eigenvalue weighted by Crippen LogP contribution is 2.13. The molecule has 110 valence electrons. The van der Waals surface area contributed by atoms with Crippen molar-refractivity contribution in [2.24, 2.45) is 5.73 Å². The molecule has 0 saturated heterocycles. The van der Waals surface area contributed by atoms with Crippen LogP contribution in [0.25, 0.3) is 0 Å². The largest absolute Gasteiger partial charge is 0.352 e. The molecule has 0 aromatic heterocycles. The first-order valence-corrected chi connectivity index (χ1v) is 7.24. The molecule has 0 aliphatic rings. The number of nitrogens with one attached hydrogen (secondary N) is 1. The van der Waals surface area contributed by atoms with Gasteiger partial charge in [0.05, 0.1) is 0 Å². The van der Waals surface area contributed by atoms with Gasteiger partial charge in [-0.25, -0.2) is 0 Å². The summed E-state index contributed by atoms with van der Waals surface area (Å²) in [6.07, 6.45) is 0.852. The molecule has 3 N–H and O–H groups in total. The van der Waals surface area contributed by atoms with Crippen molar-refractivity contribution < 1.29 is 4.79 Å². The van der Waals surface area contributed by atoms with E-state index in [0.29, 0.717) is 18.7 Å². The zero-order valence-corrected chi connectivity index (χ0v) is 12.6. The maximum absolute atomic E-state index is 12.1. The normalized spacial score (nSPS) is 10.4. The molecule has 0 aliphatic heterocycles. The molecule has 0 atom stereocenters. The molecule has 0 unspecified atom stereocenters. The molecular weight excluding hydrogens is 260 g/mol. The molecule has 3 heteroatoms. The van der Waals surface area contributed by atoms with Crippen molar-refractivity contribution in [3.8, 4) is 0 Å². The first-order valence-electron chi connectivity index (χ1n) is 7.24. The van der Waals surface area contributed by atoms with Crippen molar-refractivity contribution in [2.45, 2.75) is 26.8 Å². The molecule has 1 amide bonds. The van der Waals surface area contributed by atoms with Crippen LogP contribution in [0.4, 0.5) is 0 Å². The Morgan fingerprint density at radius 2 is 1.67 bits per heavy atom. The van der Waals surface area contributed by atoms with E-state index in [0.717, 1.165) is 12.0 Å². The van der Waals surface area contributed by atoms with Crippen LogP contribution in [0, 0.1) is 13.8 Å². The van der Waals surface area contributed by atoms with E-state index in [1.54, 1.807) is 0 Å². The summed E-state index contributed by atoms with van der Waals surface area (Å²) < 4.78 is 0. The van der Waals surface area contributed by atoms with Gasteiger partial charge >= 0.3 is 0 Å². The predicted molar refractivity (Wildman–Crippen MR) is 86.3 cm³/mol. The summed E-state index contributed by atoms with van der Waals surface area (Å²) >= 11 is 0. The molecule has 0 heterocycles. The van der Waals surface area contributed by atoms with E-state index in [4.69, 9.17) is 5.73 Å². The summed E-state index contributed by atoms with van der Waals surface area (Å²) in [4.78, 5) is 12.1. The molecule has 2 rings (SSSR count). The van der Waals surface area contributed by atoms with Gasteiger partial charge < -0.3 is 11.1 Å². The van der Waals surface area contributed by atoms with E-state index in [1.807, 2.05) is 24.3 Å². The van der Waals surface area contributed by atoms with Crippen molar-refractivity contribution in [3.63, 3.8) is 0 Å². The molecule has 3 nitrogen and oxygen atoms in total. The van der Waals surface area contributed by atoms with Gasteiger partial charge in [-0.1, -0.05) is 30.3 Å². The zero-order chi connectivity index (χ0) is 15.2. The molecule has 0 bridgehead atoms. The van der Waals surface area contributed by atoms with Crippen LogP contribution in [0.2, 0.25) is 0 Å². The minimum Gasteiger partial charge on any atom is -0.352 e. The fraction of sp³-hybridized carbons (Fsp3) is 0.278. The summed E-state index contributed by atoms with van der Waals surface area (Å²) in [5, 5.41) is 2.97. The van der Waals surface area contributed by atoms with Crippen LogP contribution in [0.5, 0.6) is 0 Å². The highest BCUT2D eigenvalue weighted by Gasteiger charge is 2.06. The number of nitrogens with two attached hydrogens (primary N) is 1. The third-order valence-electron chi connectivity index (χ3n) is 3.76. The summed E-state index contributed by atoms with van der Waals surface area (Å²) in [5.41, 5.74) is 11.1. The van der Waals surface area contributed by atoms with Gasteiger partial charge in [-0.05, 0) is 54.7 Å². The number of amides is 1. The average Bonchev–Trinajstić information content (AvgIpc) is 2.50. The summed E-state index contributed by atoms with van der Waals surface area (Å²) in [6.45, 7) is 5.35. The van der Waals surface area contributed by atoms with Crippen molar-refractivity contribution in [1.29, 1.82) is 0 Å². The third-order valence-corrected chi connectivity index (χ3v) is 3.76. The molecule has 0 radical (unpaired) electrons. The van der Waals surface area contributed by atoms with E-state index in [9.17, 15) is 4.79 Å². The Morgan fingerprint density at radius 1 is 1.05 bits per heavy atom. The quantitative estimate of drug-likeness (QED) is 0.886. The maximum Gasteiger partial charge on any atom is 0.251 e. The van der Waals surface area contributed by atoms with Gasteiger partial charge in [0.25, 0.3) is 5.91 Å². The van der Waals surface area contributed by atoms with Gasteiger partial charge in [-0.2, -0.15) is 0 Å². The maximum atomic E-state index is 12.1. The first kappa shape index (κ1) is 15.3. The smallest absolute Gasteiger partial charge is 0.251 e. The van der Waals surface area contributed by atoms with Crippen LogP contribution < -0.4 is 11.1 Å². The van der Waals surface area contributed by atoms with E-state index in [2.05, 4.69) is 37.4 Å². The lowest BCUT2D eigenvalue weighted by Crippen LogP contribution is -2.26. The Hall–Kier alpha value is -2.13. The Balaban J connectivity index is 1.92. The van der Waals surface area contributed by atoms with Gasteiger partial charge in [0.1, 0.15) is 0 Å². The topological polar surface area (TPSA) is 55.1 Å². The average molecular weight is 282 g/mol. The van der Waals surface area contributed by atoms with Crippen LogP contribution in [0.1, 0.15) is 32.6 Å². The van der Waals surface area contributed by atoms with Crippen molar-refractivity contribution in [1.82, 2.24) is 5.32 Å². The van der Waals surface area contributed by atoms with E-state index in [-0.39, 0.29) is 5.91 Å². The van der Waals surface area contributed by atoms with Gasteiger partial charge in [-0.15, -0.1) is 0 Å². The van der Waals surface area contributed by atoms with Gasteiger partial charge in [0.15, 0.2) is 0 Å². The van der Waals surface area contributed by atoms with Crippen LogP contribution in [-0.4, -0.2) is 12.5 Å². The van der Waals surface area contributed by atoms with Gasteiger partial charge in [0, 0.05) is 18.7 Å². The molecular formula is C18H22N2O. The number of aryl methyl sites for hydroxylation is 2. The second kappa shape index (κ2) is 7.04. The minimum absolute atomic E-state index is 0.0372. The fourth-order valence-electron chi connectivity index (χ4n) is 2.44. The van der Waals surface area contributed by atoms with E-state index >= 15 is 0 Å². The third kappa shape index (κ3) is 3.92. The lowest BCUT2D eigenvalue weighted by Gasteiger charge is -2.10. The van der Waals surface area contributed by atoms with Gasteiger partial charge in [-0.3, -0.25) is 4.79 Å². The highest BCUT2D eigenvalue weighted by molar-refractivity contribution is 5.94. The van der Waals surface area contributed by atoms with Crippen LogP contribution in [-0.2, 0) is 13.0 Å². The second-order valence-electron chi connectivity index (χ2n) is 5.28. The second-order valence-corrected chi connectivity index (χ2v) is 5.28. The monoisotopic (exact) mass is 282 g/mol. The number of hydrogen-bond donors (Lipinski definition) is 2. The molecule has 21 heavy (non-hydrogen) atoms. The molecule has 0 saturated carbocycles. The minimum atomic E-state index is -0.0372. The first-order chi connectivity index (χ1) is 10.1. The number of benzene rings is 2. The van der Waals surface area contributed by atoms with Crippen LogP contribution >= 0.6 is 0 Å².